The Morgan fingerprint density at radius 1 is 1.10 bits per heavy atom. The summed E-state index contributed by atoms with van der Waals surface area (Å²) in [4.78, 5) is 24.6. The molecule has 0 spiro atoms. The molecule has 7 nitrogen and oxygen atoms in total. The molecule has 162 valence electrons. The molecule has 2 amide bonds. The van der Waals surface area contributed by atoms with E-state index in [4.69, 9.17) is 0 Å². The molecule has 0 unspecified atom stereocenters. The second-order valence-corrected chi connectivity index (χ2v) is 7.93. The number of rotatable bonds is 8. The van der Waals surface area contributed by atoms with Gasteiger partial charge in [0.1, 0.15) is 5.82 Å². The molecule has 31 heavy (non-hydrogen) atoms. The zero-order valence-electron chi connectivity index (χ0n) is 17.6. The van der Waals surface area contributed by atoms with Gasteiger partial charge in [-0.05, 0) is 56.7 Å². The lowest BCUT2D eigenvalue weighted by atomic mass is 10.1. The van der Waals surface area contributed by atoms with E-state index in [-0.39, 0.29) is 24.1 Å². The van der Waals surface area contributed by atoms with Gasteiger partial charge < -0.3 is 15.2 Å². The third-order valence-electron chi connectivity index (χ3n) is 4.61. The number of hydrogen-bond donors (Lipinski definition) is 2. The summed E-state index contributed by atoms with van der Waals surface area (Å²) in [5.41, 5.74) is 3.30. The summed E-state index contributed by atoms with van der Waals surface area (Å²) in [6.07, 6.45) is 0. The number of thioether (sulfide) groups is 1. The van der Waals surface area contributed by atoms with Crippen molar-refractivity contribution < 1.29 is 14.0 Å². The lowest BCUT2D eigenvalue weighted by Gasteiger charge is -2.10. The van der Waals surface area contributed by atoms with Crippen molar-refractivity contribution in [3.05, 3.63) is 70.8 Å². The number of nitrogens with zero attached hydrogens (tertiary/aromatic N) is 3. The topological polar surface area (TPSA) is 88.9 Å². The minimum Gasteiger partial charge on any atom is -0.345 e. The van der Waals surface area contributed by atoms with Crippen LogP contribution in [0.5, 0.6) is 0 Å². The molecule has 3 rings (SSSR count). The largest absolute Gasteiger partial charge is 0.345 e. The Bertz CT molecular complexity index is 1080. The van der Waals surface area contributed by atoms with E-state index in [2.05, 4.69) is 20.8 Å². The summed E-state index contributed by atoms with van der Waals surface area (Å²) in [7, 11) is 0. The van der Waals surface area contributed by atoms with E-state index in [0.717, 1.165) is 16.8 Å². The highest BCUT2D eigenvalue weighted by molar-refractivity contribution is 7.99. The third-order valence-corrected chi connectivity index (χ3v) is 5.58. The Hall–Kier alpha value is -3.20. The standard InChI is InChI=1S/C22H24FN5O2S/c1-4-28-19(12-24-21(30)16-6-8-17(23)9-7-16)26-27-22(28)31-13-20(29)25-18-10-5-14(2)11-15(18)3/h5-11H,4,12-13H2,1-3H3,(H,24,30)(H,25,29). The summed E-state index contributed by atoms with van der Waals surface area (Å²) in [5.74, 6) is -0.0878. The predicted octanol–water partition coefficient (Wildman–Crippen LogP) is 3.71. The van der Waals surface area contributed by atoms with E-state index in [1.165, 1.54) is 36.0 Å². The zero-order chi connectivity index (χ0) is 22.4. The van der Waals surface area contributed by atoms with E-state index < -0.39 is 5.82 Å². The maximum Gasteiger partial charge on any atom is 0.251 e. The molecule has 0 aliphatic carbocycles. The molecule has 1 heterocycles. The second kappa shape index (κ2) is 10.2. The number of nitrogens with one attached hydrogen (secondary N) is 2. The van der Waals surface area contributed by atoms with Crippen molar-refractivity contribution >= 4 is 29.3 Å². The monoisotopic (exact) mass is 441 g/mol. The Labute approximate surface area is 184 Å². The van der Waals surface area contributed by atoms with Crippen LogP contribution in [0.25, 0.3) is 0 Å². The molecule has 0 bridgehead atoms. The molecule has 0 atom stereocenters. The van der Waals surface area contributed by atoms with Crippen LogP contribution in [-0.2, 0) is 17.9 Å². The van der Waals surface area contributed by atoms with Crippen molar-refractivity contribution in [3.8, 4) is 0 Å². The van der Waals surface area contributed by atoms with E-state index >= 15 is 0 Å². The molecule has 0 aliphatic heterocycles. The van der Waals surface area contributed by atoms with Gasteiger partial charge in [0.2, 0.25) is 5.91 Å². The second-order valence-electron chi connectivity index (χ2n) is 6.99. The van der Waals surface area contributed by atoms with Crippen LogP contribution < -0.4 is 10.6 Å². The first-order valence-electron chi connectivity index (χ1n) is 9.83. The quantitative estimate of drug-likeness (QED) is 0.520. The van der Waals surface area contributed by atoms with Crippen molar-refractivity contribution in [1.82, 2.24) is 20.1 Å². The van der Waals surface area contributed by atoms with Crippen LogP contribution in [0.2, 0.25) is 0 Å². The van der Waals surface area contributed by atoms with Crippen molar-refractivity contribution in [2.75, 3.05) is 11.1 Å². The molecule has 2 N–H and O–H groups in total. The maximum atomic E-state index is 13.0. The van der Waals surface area contributed by atoms with Crippen molar-refractivity contribution in [2.24, 2.45) is 0 Å². The Balaban J connectivity index is 1.57. The average Bonchev–Trinajstić information content (AvgIpc) is 3.15. The van der Waals surface area contributed by atoms with E-state index in [1.807, 2.05) is 43.5 Å². The normalized spacial score (nSPS) is 10.7. The summed E-state index contributed by atoms with van der Waals surface area (Å²) in [5, 5.41) is 14.6. The molecule has 0 saturated heterocycles. The number of carbonyl (C=O) groups excluding carboxylic acids is 2. The van der Waals surface area contributed by atoms with Gasteiger partial charge in [-0.3, -0.25) is 9.59 Å². The Kier molecular flexibility index (Phi) is 7.41. The first-order valence-corrected chi connectivity index (χ1v) is 10.8. The van der Waals surface area contributed by atoms with Crippen LogP contribution >= 0.6 is 11.8 Å². The number of carbonyl (C=O) groups is 2. The fourth-order valence-corrected chi connectivity index (χ4v) is 3.83. The van der Waals surface area contributed by atoms with Crippen LogP contribution in [0.4, 0.5) is 10.1 Å². The molecule has 3 aromatic rings. The minimum atomic E-state index is -0.398. The molecule has 9 heteroatoms. The van der Waals surface area contributed by atoms with Gasteiger partial charge in [-0.25, -0.2) is 4.39 Å². The smallest absolute Gasteiger partial charge is 0.251 e. The lowest BCUT2D eigenvalue weighted by molar-refractivity contribution is -0.113. The number of amides is 2. The molecule has 0 aliphatic rings. The zero-order valence-corrected chi connectivity index (χ0v) is 18.4. The van der Waals surface area contributed by atoms with Gasteiger partial charge in [0.05, 0.1) is 12.3 Å². The number of aryl methyl sites for hydroxylation is 2. The van der Waals surface area contributed by atoms with Crippen LogP contribution in [0.15, 0.2) is 47.6 Å². The first kappa shape index (κ1) is 22.5. The highest BCUT2D eigenvalue weighted by Gasteiger charge is 2.15. The number of anilines is 1. The Morgan fingerprint density at radius 2 is 1.84 bits per heavy atom. The summed E-state index contributed by atoms with van der Waals surface area (Å²) in [6, 6.07) is 11.2. The van der Waals surface area contributed by atoms with Crippen LogP contribution in [0.1, 0.15) is 34.2 Å². The number of halogens is 1. The van der Waals surface area contributed by atoms with Crippen LogP contribution in [-0.4, -0.2) is 32.3 Å². The minimum absolute atomic E-state index is 0.131. The highest BCUT2D eigenvalue weighted by Crippen LogP contribution is 2.20. The van der Waals surface area contributed by atoms with Gasteiger partial charge in [-0.15, -0.1) is 10.2 Å². The van der Waals surface area contributed by atoms with Crippen LogP contribution in [0.3, 0.4) is 0 Å². The van der Waals surface area contributed by atoms with E-state index in [9.17, 15) is 14.0 Å². The maximum absolute atomic E-state index is 13.0. The van der Waals surface area contributed by atoms with Crippen molar-refractivity contribution in [2.45, 2.75) is 39.0 Å². The van der Waals surface area contributed by atoms with E-state index in [1.54, 1.807) is 0 Å². The molecule has 0 fully saturated rings. The first-order chi connectivity index (χ1) is 14.9. The van der Waals surface area contributed by atoms with Gasteiger partial charge in [-0.1, -0.05) is 29.5 Å². The number of benzene rings is 2. The van der Waals surface area contributed by atoms with Gasteiger partial charge in [-0.2, -0.15) is 0 Å². The van der Waals surface area contributed by atoms with Gasteiger partial charge in [0.25, 0.3) is 5.91 Å². The summed E-state index contributed by atoms with van der Waals surface area (Å²) in [6.45, 7) is 6.66. The number of hydrogen-bond acceptors (Lipinski definition) is 5. The summed E-state index contributed by atoms with van der Waals surface area (Å²) >= 11 is 1.28. The van der Waals surface area contributed by atoms with Gasteiger partial charge >= 0.3 is 0 Å². The van der Waals surface area contributed by atoms with Gasteiger partial charge in [0.15, 0.2) is 11.0 Å². The molecule has 1 aromatic heterocycles. The SMILES string of the molecule is CCn1c(CNC(=O)c2ccc(F)cc2)nnc1SCC(=O)Nc1ccc(C)cc1C. The average molecular weight is 442 g/mol. The molecular weight excluding hydrogens is 417 g/mol. The molecule has 0 saturated carbocycles. The fraction of sp³-hybridized carbons (Fsp3) is 0.273. The summed E-state index contributed by atoms with van der Waals surface area (Å²) < 4.78 is 14.9. The third kappa shape index (κ3) is 5.91. The molecular formula is C22H24FN5O2S. The van der Waals surface area contributed by atoms with Crippen molar-refractivity contribution in [1.29, 1.82) is 0 Å². The lowest BCUT2D eigenvalue weighted by Crippen LogP contribution is -2.24. The fourth-order valence-electron chi connectivity index (χ4n) is 3.01. The predicted molar refractivity (Wildman–Crippen MR) is 119 cm³/mol. The molecule has 2 aromatic carbocycles. The van der Waals surface area contributed by atoms with Crippen molar-refractivity contribution in [3.63, 3.8) is 0 Å². The van der Waals surface area contributed by atoms with E-state index in [0.29, 0.717) is 23.1 Å². The Morgan fingerprint density at radius 3 is 2.52 bits per heavy atom. The highest BCUT2D eigenvalue weighted by atomic mass is 32.2. The number of aromatic nitrogens is 3. The van der Waals surface area contributed by atoms with Gasteiger partial charge in [0, 0.05) is 17.8 Å². The van der Waals surface area contributed by atoms with Crippen LogP contribution in [0, 0.1) is 19.7 Å². The molecule has 0 radical (unpaired) electrons.